The summed E-state index contributed by atoms with van der Waals surface area (Å²) in [5, 5.41) is 0. The second kappa shape index (κ2) is 4.98. The summed E-state index contributed by atoms with van der Waals surface area (Å²) in [6.07, 6.45) is 0. The number of ether oxygens (including phenoxy) is 1. The molecule has 0 spiro atoms. The van der Waals surface area contributed by atoms with Crippen molar-refractivity contribution < 1.29 is 4.74 Å². The van der Waals surface area contributed by atoms with Crippen LogP contribution < -0.4 is 5.73 Å². The summed E-state index contributed by atoms with van der Waals surface area (Å²) in [6, 6.07) is 8.90. The Morgan fingerprint density at radius 2 is 1.75 bits per heavy atom. The number of hydrogen-bond donors (Lipinski definition) is 1. The minimum Gasteiger partial charge on any atom is -0.381 e. The number of nitrogens with two attached hydrogens (primary N) is 1. The molecule has 2 heteroatoms. The fourth-order valence-electron chi connectivity index (χ4n) is 2.22. The normalized spacial score (nSPS) is 18.5. The van der Waals surface area contributed by atoms with Gasteiger partial charge in [0.2, 0.25) is 0 Å². The summed E-state index contributed by atoms with van der Waals surface area (Å²) in [7, 11) is 0. The molecule has 1 saturated heterocycles. The maximum atomic E-state index is 5.86. The number of rotatable bonds is 4. The van der Waals surface area contributed by atoms with Crippen LogP contribution in [0.1, 0.15) is 36.8 Å². The molecule has 0 aliphatic carbocycles. The lowest BCUT2D eigenvalue weighted by Crippen LogP contribution is -2.36. The van der Waals surface area contributed by atoms with Crippen LogP contribution in [0.25, 0.3) is 0 Å². The molecule has 2 rings (SSSR count). The van der Waals surface area contributed by atoms with E-state index in [0.717, 1.165) is 19.8 Å². The highest BCUT2D eigenvalue weighted by molar-refractivity contribution is 5.28. The molecule has 0 aromatic heterocycles. The highest BCUT2D eigenvalue weighted by Crippen LogP contribution is 2.30. The van der Waals surface area contributed by atoms with Gasteiger partial charge < -0.3 is 10.5 Å². The SMILES string of the molecule is CC(C)c1ccc(C(CN)C2COC2)cc1. The van der Waals surface area contributed by atoms with Crippen molar-refractivity contribution in [2.24, 2.45) is 11.7 Å². The first-order chi connectivity index (χ1) is 7.72. The summed E-state index contributed by atoms with van der Waals surface area (Å²) in [6.45, 7) is 6.89. The topological polar surface area (TPSA) is 35.2 Å². The predicted octanol–water partition coefficient (Wildman–Crippen LogP) is 2.50. The van der Waals surface area contributed by atoms with Gasteiger partial charge in [0.1, 0.15) is 0 Å². The van der Waals surface area contributed by atoms with Gasteiger partial charge in [-0.05, 0) is 23.6 Å². The molecule has 1 aliphatic heterocycles. The van der Waals surface area contributed by atoms with Gasteiger partial charge in [-0.15, -0.1) is 0 Å². The Morgan fingerprint density at radius 1 is 1.19 bits per heavy atom. The molecule has 1 heterocycles. The van der Waals surface area contributed by atoms with Gasteiger partial charge in [-0.2, -0.15) is 0 Å². The molecule has 88 valence electrons. The Labute approximate surface area is 97.8 Å². The molecule has 2 N–H and O–H groups in total. The average Bonchev–Trinajstić information content (AvgIpc) is 2.23. The van der Waals surface area contributed by atoms with Crippen LogP contribution in [0, 0.1) is 5.92 Å². The summed E-state index contributed by atoms with van der Waals surface area (Å²) < 4.78 is 5.25. The average molecular weight is 219 g/mol. The minimum atomic E-state index is 0.468. The fraction of sp³-hybridized carbons (Fsp3) is 0.571. The van der Waals surface area contributed by atoms with E-state index in [2.05, 4.69) is 38.1 Å². The van der Waals surface area contributed by atoms with Crippen LogP contribution in [0.2, 0.25) is 0 Å². The van der Waals surface area contributed by atoms with Gasteiger partial charge in [0.25, 0.3) is 0 Å². The largest absolute Gasteiger partial charge is 0.381 e. The number of hydrogen-bond acceptors (Lipinski definition) is 2. The molecule has 1 aliphatic rings. The molecule has 1 atom stereocenters. The molecular formula is C14H21NO. The van der Waals surface area contributed by atoms with Crippen LogP contribution in [-0.4, -0.2) is 19.8 Å². The van der Waals surface area contributed by atoms with Gasteiger partial charge >= 0.3 is 0 Å². The lowest BCUT2D eigenvalue weighted by Gasteiger charge is -2.33. The van der Waals surface area contributed by atoms with E-state index >= 15 is 0 Å². The van der Waals surface area contributed by atoms with Gasteiger partial charge in [-0.1, -0.05) is 38.1 Å². The third-order valence-electron chi connectivity index (χ3n) is 3.52. The third kappa shape index (κ3) is 2.28. The van der Waals surface area contributed by atoms with Gasteiger partial charge in [0.15, 0.2) is 0 Å². The van der Waals surface area contributed by atoms with E-state index < -0.39 is 0 Å². The first-order valence-corrected chi connectivity index (χ1v) is 6.10. The Bertz CT molecular complexity index is 327. The Balaban J connectivity index is 2.12. The van der Waals surface area contributed by atoms with E-state index in [1.54, 1.807) is 0 Å². The smallest absolute Gasteiger partial charge is 0.0522 e. The Kier molecular flexibility index (Phi) is 3.62. The molecule has 0 bridgehead atoms. The minimum absolute atomic E-state index is 0.468. The van der Waals surface area contributed by atoms with E-state index in [-0.39, 0.29) is 0 Å². The summed E-state index contributed by atoms with van der Waals surface area (Å²) in [4.78, 5) is 0. The van der Waals surface area contributed by atoms with Crippen molar-refractivity contribution in [1.29, 1.82) is 0 Å². The van der Waals surface area contributed by atoms with Crippen molar-refractivity contribution in [3.63, 3.8) is 0 Å². The fourth-order valence-corrected chi connectivity index (χ4v) is 2.22. The van der Waals surface area contributed by atoms with Crippen LogP contribution in [-0.2, 0) is 4.74 Å². The van der Waals surface area contributed by atoms with Crippen LogP contribution in [0.4, 0.5) is 0 Å². The summed E-state index contributed by atoms with van der Waals surface area (Å²) in [5.74, 6) is 1.68. The Morgan fingerprint density at radius 3 is 2.12 bits per heavy atom. The van der Waals surface area contributed by atoms with Crippen LogP contribution in [0.15, 0.2) is 24.3 Å². The van der Waals surface area contributed by atoms with E-state index in [4.69, 9.17) is 10.5 Å². The second-order valence-electron chi connectivity index (χ2n) is 4.96. The van der Waals surface area contributed by atoms with E-state index in [9.17, 15) is 0 Å². The van der Waals surface area contributed by atoms with Crippen molar-refractivity contribution >= 4 is 0 Å². The van der Waals surface area contributed by atoms with Crippen molar-refractivity contribution in [2.75, 3.05) is 19.8 Å². The van der Waals surface area contributed by atoms with Crippen molar-refractivity contribution in [1.82, 2.24) is 0 Å². The predicted molar refractivity (Wildman–Crippen MR) is 66.6 cm³/mol. The van der Waals surface area contributed by atoms with Gasteiger partial charge in [0.05, 0.1) is 13.2 Å². The molecule has 1 aromatic rings. The van der Waals surface area contributed by atoms with Crippen molar-refractivity contribution in [2.45, 2.75) is 25.7 Å². The van der Waals surface area contributed by atoms with Crippen molar-refractivity contribution in [3.8, 4) is 0 Å². The molecular weight excluding hydrogens is 198 g/mol. The first kappa shape index (κ1) is 11.6. The van der Waals surface area contributed by atoms with Crippen LogP contribution in [0.5, 0.6) is 0 Å². The maximum Gasteiger partial charge on any atom is 0.0522 e. The lowest BCUT2D eigenvalue weighted by atomic mass is 9.84. The molecule has 16 heavy (non-hydrogen) atoms. The summed E-state index contributed by atoms with van der Waals surface area (Å²) >= 11 is 0. The molecule has 1 unspecified atom stereocenters. The molecule has 1 fully saturated rings. The summed E-state index contributed by atoms with van der Waals surface area (Å²) in [5.41, 5.74) is 8.61. The number of benzene rings is 1. The van der Waals surface area contributed by atoms with Gasteiger partial charge in [-0.3, -0.25) is 0 Å². The molecule has 0 radical (unpaired) electrons. The van der Waals surface area contributed by atoms with E-state index in [1.165, 1.54) is 11.1 Å². The highest BCUT2D eigenvalue weighted by atomic mass is 16.5. The zero-order valence-electron chi connectivity index (χ0n) is 10.1. The van der Waals surface area contributed by atoms with Crippen molar-refractivity contribution in [3.05, 3.63) is 35.4 Å². The van der Waals surface area contributed by atoms with Crippen LogP contribution in [0.3, 0.4) is 0 Å². The van der Waals surface area contributed by atoms with Crippen LogP contribution >= 0.6 is 0 Å². The molecule has 2 nitrogen and oxygen atoms in total. The molecule has 1 aromatic carbocycles. The Hall–Kier alpha value is -0.860. The molecule has 0 amide bonds. The zero-order chi connectivity index (χ0) is 11.5. The lowest BCUT2D eigenvalue weighted by molar-refractivity contribution is -0.0437. The monoisotopic (exact) mass is 219 g/mol. The highest BCUT2D eigenvalue weighted by Gasteiger charge is 2.28. The zero-order valence-corrected chi connectivity index (χ0v) is 10.1. The molecule has 0 saturated carbocycles. The van der Waals surface area contributed by atoms with E-state index in [0.29, 0.717) is 17.8 Å². The van der Waals surface area contributed by atoms with Gasteiger partial charge in [0, 0.05) is 11.8 Å². The first-order valence-electron chi connectivity index (χ1n) is 6.10. The van der Waals surface area contributed by atoms with E-state index in [1.807, 2.05) is 0 Å². The second-order valence-corrected chi connectivity index (χ2v) is 4.96. The quantitative estimate of drug-likeness (QED) is 0.844. The third-order valence-corrected chi connectivity index (χ3v) is 3.52. The maximum absolute atomic E-state index is 5.86. The standard InChI is InChI=1S/C14H21NO/c1-10(2)11-3-5-12(6-4-11)14(7-15)13-8-16-9-13/h3-6,10,13-14H,7-9,15H2,1-2H3. The van der Waals surface area contributed by atoms with Gasteiger partial charge in [-0.25, -0.2) is 0 Å².